The van der Waals surface area contributed by atoms with E-state index in [9.17, 15) is 4.79 Å². The number of nitriles is 1. The summed E-state index contributed by atoms with van der Waals surface area (Å²) < 4.78 is 5.30. The minimum Gasteiger partial charge on any atom is -0.445 e. The molecular weight excluding hydrogens is 240 g/mol. The highest BCUT2D eigenvalue weighted by atomic mass is 16.6. The van der Waals surface area contributed by atoms with E-state index in [0.29, 0.717) is 19.7 Å². The Morgan fingerprint density at radius 3 is 2.84 bits per heavy atom. The quantitative estimate of drug-likeness (QED) is 0.819. The summed E-state index contributed by atoms with van der Waals surface area (Å²) in [6.07, 6.45) is 2.22. The molecule has 0 saturated carbocycles. The van der Waals surface area contributed by atoms with Gasteiger partial charge in [0.1, 0.15) is 6.61 Å². The average molecular weight is 258 g/mol. The Morgan fingerprint density at radius 1 is 1.32 bits per heavy atom. The fourth-order valence-corrected chi connectivity index (χ4v) is 2.22. The molecule has 1 aromatic carbocycles. The van der Waals surface area contributed by atoms with Gasteiger partial charge >= 0.3 is 6.09 Å². The van der Waals surface area contributed by atoms with Crippen molar-refractivity contribution in [2.45, 2.75) is 25.9 Å². The van der Waals surface area contributed by atoms with Gasteiger partial charge in [-0.3, -0.25) is 0 Å². The minimum absolute atomic E-state index is 0.0759. The highest BCUT2D eigenvalue weighted by Crippen LogP contribution is 2.17. The van der Waals surface area contributed by atoms with Crippen LogP contribution in [-0.4, -0.2) is 24.1 Å². The molecule has 100 valence electrons. The SMILES string of the molecule is N#C[C@H]1CCCN(C(=O)OCc2ccccc2)CC1. The first-order chi connectivity index (χ1) is 9.29. The lowest BCUT2D eigenvalue weighted by Crippen LogP contribution is -2.32. The van der Waals surface area contributed by atoms with Crippen LogP contribution in [0.2, 0.25) is 0 Å². The van der Waals surface area contributed by atoms with Crippen LogP contribution in [0.15, 0.2) is 30.3 Å². The second kappa shape index (κ2) is 6.79. The van der Waals surface area contributed by atoms with Gasteiger partial charge < -0.3 is 9.64 Å². The number of nitrogens with zero attached hydrogens (tertiary/aromatic N) is 2. The second-order valence-corrected chi connectivity index (χ2v) is 4.78. The summed E-state index contributed by atoms with van der Waals surface area (Å²) >= 11 is 0. The first-order valence-electron chi connectivity index (χ1n) is 6.65. The first kappa shape index (κ1) is 13.4. The lowest BCUT2D eigenvalue weighted by Gasteiger charge is -2.19. The third kappa shape index (κ3) is 3.99. The molecule has 1 amide bonds. The normalized spacial score (nSPS) is 19.3. The molecule has 1 aromatic rings. The average Bonchev–Trinajstić information content (AvgIpc) is 2.71. The fraction of sp³-hybridized carbons (Fsp3) is 0.467. The van der Waals surface area contributed by atoms with Crippen molar-refractivity contribution < 1.29 is 9.53 Å². The van der Waals surface area contributed by atoms with E-state index in [-0.39, 0.29) is 12.0 Å². The van der Waals surface area contributed by atoms with Crippen LogP contribution in [0.5, 0.6) is 0 Å². The van der Waals surface area contributed by atoms with E-state index in [1.807, 2.05) is 30.3 Å². The molecular formula is C15H18N2O2. The summed E-state index contributed by atoms with van der Waals surface area (Å²) in [6.45, 7) is 1.61. The van der Waals surface area contributed by atoms with E-state index < -0.39 is 0 Å². The molecule has 1 fully saturated rings. The lowest BCUT2D eigenvalue weighted by atomic mass is 10.0. The van der Waals surface area contributed by atoms with Crippen LogP contribution in [-0.2, 0) is 11.3 Å². The Labute approximate surface area is 113 Å². The van der Waals surface area contributed by atoms with Crippen molar-refractivity contribution in [3.63, 3.8) is 0 Å². The number of carbonyl (C=O) groups is 1. The summed E-state index contributed by atoms with van der Waals surface area (Å²) in [4.78, 5) is 13.6. The Morgan fingerprint density at radius 2 is 2.11 bits per heavy atom. The number of rotatable bonds is 2. The molecule has 4 nitrogen and oxygen atoms in total. The van der Waals surface area contributed by atoms with Crippen LogP contribution in [0.25, 0.3) is 0 Å². The fourth-order valence-electron chi connectivity index (χ4n) is 2.22. The molecule has 1 aliphatic rings. The van der Waals surface area contributed by atoms with E-state index in [4.69, 9.17) is 10.00 Å². The second-order valence-electron chi connectivity index (χ2n) is 4.78. The maximum atomic E-state index is 11.9. The van der Waals surface area contributed by atoms with Gasteiger partial charge in [-0.05, 0) is 24.8 Å². The molecule has 2 rings (SSSR count). The van der Waals surface area contributed by atoms with Crippen molar-refractivity contribution in [3.05, 3.63) is 35.9 Å². The van der Waals surface area contributed by atoms with Gasteiger partial charge in [-0.25, -0.2) is 4.79 Å². The summed E-state index contributed by atoms with van der Waals surface area (Å²) in [5.41, 5.74) is 0.987. The van der Waals surface area contributed by atoms with E-state index in [0.717, 1.165) is 24.8 Å². The number of amides is 1. The summed E-state index contributed by atoms with van der Waals surface area (Å²) in [5.74, 6) is 0.0759. The number of hydrogen-bond acceptors (Lipinski definition) is 3. The summed E-state index contributed by atoms with van der Waals surface area (Å²) in [7, 11) is 0. The van der Waals surface area contributed by atoms with Crippen molar-refractivity contribution in [1.82, 2.24) is 4.90 Å². The van der Waals surface area contributed by atoms with E-state index in [2.05, 4.69) is 6.07 Å². The molecule has 0 spiro atoms. The van der Waals surface area contributed by atoms with Crippen LogP contribution in [0.3, 0.4) is 0 Å². The molecule has 1 atom stereocenters. The summed E-state index contributed by atoms with van der Waals surface area (Å²) in [6, 6.07) is 11.9. The Kier molecular flexibility index (Phi) is 4.79. The predicted octanol–water partition coefficient (Wildman–Crippen LogP) is 2.95. The number of ether oxygens (including phenoxy) is 1. The van der Waals surface area contributed by atoms with Gasteiger partial charge in [0.25, 0.3) is 0 Å². The molecule has 0 radical (unpaired) electrons. The molecule has 19 heavy (non-hydrogen) atoms. The zero-order valence-electron chi connectivity index (χ0n) is 10.9. The molecule has 0 N–H and O–H groups in total. The van der Waals surface area contributed by atoms with Crippen molar-refractivity contribution in [2.75, 3.05) is 13.1 Å². The van der Waals surface area contributed by atoms with E-state index in [1.54, 1.807) is 4.90 Å². The number of hydrogen-bond donors (Lipinski definition) is 0. The molecule has 1 heterocycles. The van der Waals surface area contributed by atoms with Gasteiger partial charge in [0, 0.05) is 19.0 Å². The van der Waals surface area contributed by atoms with Gasteiger partial charge in [0.2, 0.25) is 0 Å². The van der Waals surface area contributed by atoms with Gasteiger partial charge in [0.15, 0.2) is 0 Å². The standard InChI is InChI=1S/C15H18N2O2/c16-11-13-7-4-9-17(10-8-13)15(18)19-12-14-5-2-1-3-6-14/h1-3,5-6,13H,4,7-10,12H2/t13-/m0/s1. The molecule has 1 aliphatic heterocycles. The molecule has 0 aromatic heterocycles. The number of carbonyl (C=O) groups excluding carboxylic acids is 1. The highest BCUT2D eigenvalue weighted by Gasteiger charge is 2.21. The van der Waals surface area contributed by atoms with E-state index in [1.165, 1.54) is 0 Å². The number of likely N-dealkylation sites (tertiary alicyclic amines) is 1. The Hall–Kier alpha value is -2.02. The van der Waals surface area contributed by atoms with Gasteiger partial charge in [-0.2, -0.15) is 5.26 Å². The first-order valence-corrected chi connectivity index (χ1v) is 6.65. The predicted molar refractivity (Wildman–Crippen MR) is 71.2 cm³/mol. The molecule has 0 aliphatic carbocycles. The smallest absolute Gasteiger partial charge is 0.410 e. The van der Waals surface area contributed by atoms with Crippen molar-refractivity contribution in [3.8, 4) is 6.07 Å². The van der Waals surface area contributed by atoms with E-state index >= 15 is 0 Å². The number of benzene rings is 1. The minimum atomic E-state index is -0.276. The Bertz CT molecular complexity index is 453. The van der Waals surface area contributed by atoms with Gasteiger partial charge in [-0.1, -0.05) is 30.3 Å². The third-order valence-corrected chi connectivity index (χ3v) is 3.37. The zero-order chi connectivity index (χ0) is 13.5. The third-order valence-electron chi connectivity index (χ3n) is 3.37. The molecule has 4 heteroatoms. The van der Waals surface area contributed by atoms with Crippen LogP contribution in [0.1, 0.15) is 24.8 Å². The van der Waals surface area contributed by atoms with Gasteiger partial charge in [-0.15, -0.1) is 0 Å². The monoisotopic (exact) mass is 258 g/mol. The highest BCUT2D eigenvalue weighted by molar-refractivity contribution is 5.67. The van der Waals surface area contributed by atoms with Crippen molar-refractivity contribution >= 4 is 6.09 Å². The zero-order valence-corrected chi connectivity index (χ0v) is 10.9. The van der Waals surface area contributed by atoms with Crippen molar-refractivity contribution in [1.29, 1.82) is 5.26 Å². The van der Waals surface area contributed by atoms with Gasteiger partial charge in [0.05, 0.1) is 6.07 Å². The largest absolute Gasteiger partial charge is 0.445 e. The van der Waals surface area contributed by atoms with Crippen LogP contribution < -0.4 is 0 Å². The van der Waals surface area contributed by atoms with Crippen LogP contribution in [0, 0.1) is 17.2 Å². The maximum absolute atomic E-state index is 11.9. The van der Waals surface area contributed by atoms with Crippen LogP contribution in [0.4, 0.5) is 4.79 Å². The summed E-state index contributed by atoms with van der Waals surface area (Å²) in [5, 5.41) is 8.91. The molecule has 0 unspecified atom stereocenters. The topological polar surface area (TPSA) is 53.3 Å². The van der Waals surface area contributed by atoms with Crippen molar-refractivity contribution in [2.24, 2.45) is 5.92 Å². The lowest BCUT2D eigenvalue weighted by molar-refractivity contribution is 0.0972. The Balaban J connectivity index is 1.81. The maximum Gasteiger partial charge on any atom is 0.410 e. The molecule has 1 saturated heterocycles. The van der Waals surface area contributed by atoms with Crippen LogP contribution >= 0.6 is 0 Å². The molecule has 0 bridgehead atoms.